The number of carbonyl (C=O) groups is 1. The molecule has 0 aromatic carbocycles. The van der Waals surface area contributed by atoms with Gasteiger partial charge in [0, 0.05) is 6.54 Å². The topological polar surface area (TPSA) is 110 Å². The molecule has 0 heterocycles. The first-order chi connectivity index (χ1) is 6.51. The quantitative estimate of drug-likeness (QED) is 0.331. The van der Waals surface area contributed by atoms with Crippen LogP contribution in [0.3, 0.4) is 0 Å². The highest BCUT2D eigenvalue weighted by Gasteiger charge is 2.28. The van der Waals surface area contributed by atoms with Crippen LogP contribution in [-0.2, 0) is 4.79 Å². The lowest BCUT2D eigenvalue weighted by atomic mass is 10.0. The zero-order chi connectivity index (χ0) is 11.2. The fourth-order valence-corrected chi connectivity index (χ4v) is 0.775. The Morgan fingerprint density at radius 1 is 1.29 bits per heavy atom. The molecule has 0 aliphatic rings. The second-order valence-electron chi connectivity index (χ2n) is 3.37. The lowest BCUT2D eigenvalue weighted by molar-refractivity contribution is -0.141. The summed E-state index contributed by atoms with van der Waals surface area (Å²) in [5, 5.41) is 37.9. The third kappa shape index (κ3) is 3.59. The fourth-order valence-electron chi connectivity index (χ4n) is 0.775. The predicted octanol–water partition coefficient (Wildman–Crippen LogP) is -1.99. The molecule has 0 radical (unpaired) electrons. The lowest BCUT2D eigenvalue weighted by Gasteiger charge is -2.29. The molecule has 6 nitrogen and oxygen atoms in total. The van der Waals surface area contributed by atoms with Gasteiger partial charge in [0.1, 0.15) is 0 Å². The Morgan fingerprint density at radius 3 is 2.00 bits per heavy atom. The number of aliphatic hydroxyl groups excluding tert-OH is 3. The maximum atomic E-state index is 10.5. The van der Waals surface area contributed by atoms with Crippen molar-refractivity contribution in [2.45, 2.75) is 12.5 Å². The lowest BCUT2D eigenvalue weighted by Crippen LogP contribution is -2.56. The van der Waals surface area contributed by atoms with Gasteiger partial charge in [0.2, 0.25) is 0 Å². The molecule has 0 bridgehead atoms. The minimum Gasteiger partial charge on any atom is -0.481 e. The van der Waals surface area contributed by atoms with Crippen LogP contribution in [0.4, 0.5) is 0 Å². The summed E-state index contributed by atoms with van der Waals surface area (Å²) in [7, 11) is 0. The van der Waals surface area contributed by atoms with Crippen molar-refractivity contribution in [2.75, 3.05) is 26.4 Å². The number of aliphatic carboxylic acids is 1. The van der Waals surface area contributed by atoms with Gasteiger partial charge in [-0.15, -0.1) is 0 Å². The average Bonchev–Trinajstić information content (AvgIpc) is 2.20. The van der Waals surface area contributed by atoms with Crippen LogP contribution in [0.15, 0.2) is 0 Å². The summed E-state index contributed by atoms with van der Waals surface area (Å²) >= 11 is 0. The first-order valence-corrected chi connectivity index (χ1v) is 4.31. The van der Waals surface area contributed by atoms with E-state index in [0.29, 0.717) is 0 Å². The maximum absolute atomic E-state index is 10.5. The summed E-state index contributed by atoms with van der Waals surface area (Å²) < 4.78 is 0. The van der Waals surface area contributed by atoms with Gasteiger partial charge in [-0.2, -0.15) is 0 Å². The zero-order valence-corrected chi connectivity index (χ0v) is 8.10. The highest BCUT2D eigenvalue weighted by Crippen LogP contribution is 2.03. The number of aliphatic hydroxyl groups is 3. The molecule has 0 saturated carbocycles. The van der Waals surface area contributed by atoms with Gasteiger partial charge in [-0.3, -0.25) is 4.79 Å². The molecule has 1 unspecified atom stereocenters. The van der Waals surface area contributed by atoms with E-state index in [4.69, 9.17) is 20.4 Å². The van der Waals surface area contributed by atoms with Crippen LogP contribution in [0, 0.1) is 5.92 Å². The van der Waals surface area contributed by atoms with E-state index in [0.717, 1.165) is 0 Å². The van der Waals surface area contributed by atoms with Gasteiger partial charge in [0.25, 0.3) is 0 Å². The van der Waals surface area contributed by atoms with Crippen molar-refractivity contribution < 1.29 is 25.2 Å². The van der Waals surface area contributed by atoms with Gasteiger partial charge in [-0.05, 0) is 0 Å². The standard InChI is InChI=1S/C8H17NO5/c1-6(7(13)14)2-9-8(3-10,4-11)5-12/h6,9-12H,2-5H2,1H3,(H,13,14). The minimum absolute atomic E-state index is 0.0804. The normalized spacial score (nSPS) is 14.0. The van der Waals surface area contributed by atoms with Crippen molar-refractivity contribution in [1.29, 1.82) is 0 Å². The van der Waals surface area contributed by atoms with Gasteiger partial charge in [0.05, 0.1) is 31.3 Å². The molecule has 0 aliphatic heterocycles. The molecule has 0 spiro atoms. The Bertz CT molecular complexity index is 172. The summed E-state index contributed by atoms with van der Waals surface area (Å²) in [5.74, 6) is -1.61. The van der Waals surface area contributed by atoms with Crippen molar-refractivity contribution in [1.82, 2.24) is 5.32 Å². The molecular formula is C8H17NO5. The molecule has 84 valence electrons. The van der Waals surface area contributed by atoms with Crippen molar-refractivity contribution in [2.24, 2.45) is 5.92 Å². The fraction of sp³-hybridized carbons (Fsp3) is 0.875. The van der Waals surface area contributed by atoms with E-state index in [2.05, 4.69) is 5.32 Å². The molecule has 0 aromatic rings. The Morgan fingerprint density at radius 2 is 1.71 bits per heavy atom. The van der Waals surface area contributed by atoms with Crippen LogP contribution in [0.5, 0.6) is 0 Å². The molecular weight excluding hydrogens is 190 g/mol. The Balaban J connectivity index is 4.12. The van der Waals surface area contributed by atoms with Crippen LogP contribution in [0.2, 0.25) is 0 Å². The van der Waals surface area contributed by atoms with E-state index in [1.54, 1.807) is 0 Å². The molecule has 0 rings (SSSR count). The largest absolute Gasteiger partial charge is 0.481 e. The summed E-state index contributed by atoms with van der Waals surface area (Å²) in [4.78, 5) is 10.5. The maximum Gasteiger partial charge on any atom is 0.307 e. The first-order valence-electron chi connectivity index (χ1n) is 4.31. The van der Waals surface area contributed by atoms with E-state index in [9.17, 15) is 4.79 Å². The highest BCUT2D eigenvalue weighted by atomic mass is 16.4. The van der Waals surface area contributed by atoms with E-state index < -0.39 is 37.2 Å². The van der Waals surface area contributed by atoms with E-state index >= 15 is 0 Å². The second-order valence-corrected chi connectivity index (χ2v) is 3.37. The molecule has 0 fully saturated rings. The summed E-state index contributed by atoms with van der Waals surface area (Å²) in [6.07, 6.45) is 0. The van der Waals surface area contributed by atoms with E-state index in [1.807, 2.05) is 0 Å². The molecule has 14 heavy (non-hydrogen) atoms. The molecule has 0 aromatic heterocycles. The van der Waals surface area contributed by atoms with Gasteiger partial charge < -0.3 is 25.7 Å². The number of hydrogen-bond donors (Lipinski definition) is 5. The van der Waals surface area contributed by atoms with Gasteiger partial charge in [-0.25, -0.2) is 0 Å². The smallest absolute Gasteiger partial charge is 0.307 e. The molecule has 0 amide bonds. The molecule has 0 aliphatic carbocycles. The number of hydrogen-bond acceptors (Lipinski definition) is 5. The monoisotopic (exact) mass is 207 g/mol. The average molecular weight is 207 g/mol. The zero-order valence-electron chi connectivity index (χ0n) is 8.10. The van der Waals surface area contributed by atoms with Gasteiger partial charge >= 0.3 is 5.97 Å². The molecule has 1 atom stereocenters. The Labute approximate surface area is 82.2 Å². The summed E-state index contributed by atoms with van der Waals surface area (Å²) in [6.45, 7) is 0.217. The molecule has 0 saturated heterocycles. The summed E-state index contributed by atoms with van der Waals surface area (Å²) in [6, 6.07) is 0. The van der Waals surface area contributed by atoms with Crippen molar-refractivity contribution in [3.63, 3.8) is 0 Å². The van der Waals surface area contributed by atoms with Crippen LogP contribution >= 0.6 is 0 Å². The minimum atomic E-state index is -1.20. The van der Waals surface area contributed by atoms with Gasteiger partial charge in [0.15, 0.2) is 0 Å². The number of rotatable bonds is 7. The number of nitrogens with one attached hydrogen (secondary N) is 1. The summed E-state index contributed by atoms with van der Waals surface area (Å²) in [5.41, 5.74) is -1.20. The Hall–Kier alpha value is -0.690. The second kappa shape index (κ2) is 5.92. The Kier molecular flexibility index (Phi) is 5.63. The highest BCUT2D eigenvalue weighted by molar-refractivity contribution is 5.69. The van der Waals surface area contributed by atoms with Gasteiger partial charge in [-0.1, -0.05) is 6.92 Å². The van der Waals surface area contributed by atoms with E-state index in [1.165, 1.54) is 6.92 Å². The SMILES string of the molecule is CC(CNC(CO)(CO)CO)C(=O)O. The number of carboxylic acid groups (broad SMARTS) is 1. The van der Waals surface area contributed by atoms with Crippen molar-refractivity contribution >= 4 is 5.97 Å². The van der Waals surface area contributed by atoms with Crippen LogP contribution in [0.1, 0.15) is 6.92 Å². The predicted molar refractivity (Wildman–Crippen MR) is 48.8 cm³/mol. The van der Waals surface area contributed by atoms with E-state index in [-0.39, 0.29) is 6.54 Å². The third-order valence-electron chi connectivity index (χ3n) is 2.11. The first kappa shape index (κ1) is 13.3. The molecule has 6 heteroatoms. The van der Waals surface area contributed by atoms with Crippen molar-refractivity contribution in [3.05, 3.63) is 0 Å². The van der Waals surface area contributed by atoms with Crippen LogP contribution in [-0.4, -0.2) is 58.3 Å². The number of carboxylic acids is 1. The van der Waals surface area contributed by atoms with Crippen LogP contribution < -0.4 is 5.32 Å². The molecule has 5 N–H and O–H groups in total. The van der Waals surface area contributed by atoms with Crippen molar-refractivity contribution in [3.8, 4) is 0 Å². The van der Waals surface area contributed by atoms with Crippen LogP contribution in [0.25, 0.3) is 0 Å². The third-order valence-corrected chi connectivity index (χ3v) is 2.11.